The van der Waals surface area contributed by atoms with E-state index >= 15 is 0 Å². The average molecular weight is 959 g/mol. The molecule has 0 aromatic rings. The second-order valence-electron chi connectivity index (χ2n) is 21.0. The first-order valence-corrected chi connectivity index (χ1v) is 30.6. The van der Waals surface area contributed by atoms with Gasteiger partial charge in [0.05, 0.1) is 25.4 Å². The van der Waals surface area contributed by atoms with Crippen LogP contribution in [-0.2, 0) is 14.3 Å². The zero-order valence-corrected chi connectivity index (χ0v) is 45.9. The second-order valence-corrected chi connectivity index (χ2v) is 21.0. The fraction of sp³-hybridized carbons (Fsp3) is 0.903. The number of aliphatic hydroxyl groups is 2. The molecule has 68 heavy (non-hydrogen) atoms. The normalized spacial score (nSPS) is 12.7. The largest absolute Gasteiger partial charge is 0.466 e. The van der Waals surface area contributed by atoms with Gasteiger partial charge in [-0.05, 0) is 57.8 Å². The summed E-state index contributed by atoms with van der Waals surface area (Å²) in [7, 11) is 0. The van der Waals surface area contributed by atoms with Crippen molar-refractivity contribution in [3.05, 3.63) is 24.3 Å². The van der Waals surface area contributed by atoms with Crippen molar-refractivity contribution >= 4 is 11.9 Å². The molecule has 2 atom stereocenters. The third-order valence-corrected chi connectivity index (χ3v) is 14.2. The van der Waals surface area contributed by atoms with Gasteiger partial charge in [0.2, 0.25) is 5.91 Å². The molecule has 402 valence electrons. The van der Waals surface area contributed by atoms with Crippen LogP contribution in [0, 0.1) is 0 Å². The second kappa shape index (κ2) is 57.9. The molecule has 6 heteroatoms. The van der Waals surface area contributed by atoms with Gasteiger partial charge in [-0.3, -0.25) is 9.59 Å². The number of amides is 1. The van der Waals surface area contributed by atoms with E-state index in [0.717, 1.165) is 44.9 Å². The van der Waals surface area contributed by atoms with E-state index in [9.17, 15) is 19.8 Å². The van der Waals surface area contributed by atoms with Gasteiger partial charge in [0.15, 0.2) is 0 Å². The van der Waals surface area contributed by atoms with Crippen LogP contribution >= 0.6 is 0 Å². The first-order valence-electron chi connectivity index (χ1n) is 30.6. The van der Waals surface area contributed by atoms with Crippen LogP contribution in [0.2, 0.25) is 0 Å². The van der Waals surface area contributed by atoms with Gasteiger partial charge in [0, 0.05) is 12.8 Å². The van der Waals surface area contributed by atoms with E-state index < -0.39 is 12.1 Å². The molecule has 0 aromatic heterocycles. The predicted molar refractivity (Wildman–Crippen MR) is 296 cm³/mol. The molecule has 1 amide bonds. The monoisotopic (exact) mass is 958 g/mol. The number of aliphatic hydroxyl groups excluding tert-OH is 2. The van der Waals surface area contributed by atoms with Crippen molar-refractivity contribution in [1.29, 1.82) is 0 Å². The van der Waals surface area contributed by atoms with Crippen LogP contribution in [0.4, 0.5) is 0 Å². The first kappa shape index (κ1) is 66.3. The molecule has 0 heterocycles. The summed E-state index contributed by atoms with van der Waals surface area (Å²) < 4.78 is 5.50. The molecule has 0 fully saturated rings. The highest BCUT2D eigenvalue weighted by molar-refractivity contribution is 5.76. The minimum atomic E-state index is -0.843. The molecule has 2 unspecified atom stereocenters. The highest BCUT2D eigenvalue weighted by Gasteiger charge is 2.18. The molecule has 0 saturated heterocycles. The van der Waals surface area contributed by atoms with Gasteiger partial charge < -0.3 is 20.3 Å². The minimum absolute atomic E-state index is 0.0111. The molecule has 0 aromatic carbocycles. The zero-order chi connectivity index (χ0) is 49.3. The lowest BCUT2D eigenvalue weighted by atomic mass is 10.0. The number of nitrogens with one attached hydrogen (secondary N) is 1. The zero-order valence-electron chi connectivity index (χ0n) is 45.9. The van der Waals surface area contributed by atoms with Crippen LogP contribution in [0.5, 0.6) is 0 Å². The number of hydrogen-bond donors (Lipinski definition) is 3. The molecule has 0 radical (unpaired) electrons. The first-order chi connectivity index (χ1) is 33.5. The van der Waals surface area contributed by atoms with E-state index in [0.29, 0.717) is 19.4 Å². The van der Waals surface area contributed by atoms with E-state index in [1.807, 2.05) is 6.08 Å². The van der Waals surface area contributed by atoms with Gasteiger partial charge in [-0.2, -0.15) is 0 Å². The van der Waals surface area contributed by atoms with Crippen LogP contribution in [-0.4, -0.2) is 47.4 Å². The Morgan fingerprint density at radius 1 is 0.397 bits per heavy atom. The Hall–Kier alpha value is -1.66. The average Bonchev–Trinajstić information content (AvgIpc) is 3.34. The number of allylic oxidation sites excluding steroid dienone is 3. The molecule has 0 saturated carbocycles. The summed E-state index contributed by atoms with van der Waals surface area (Å²) in [5.74, 6) is -0.0582. The molecule has 0 aliphatic carbocycles. The summed E-state index contributed by atoms with van der Waals surface area (Å²) in [5, 5.41) is 23.0. The molecule has 0 bridgehead atoms. The van der Waals surface area contributed by atoms with Crippen molar-refractivity contribution in [3.8, 4) is 0 Å². The van der Waals surface area contributed by atoms with E-state index in [1.165, 1.54) is 263 Å². The maximum Gasteiger partial charge on any atom is 0.305 e. The number of esters is 1. The van der Waals surface area contributed by atoms with Gasteiger partial charge in [-0.15, -0.1) is 0 Å². The SMILES string of the molecule is CCCCCCCC/C=C\CCCCCCCCCCCC(=O)OCCCCCCCCCCCCCCCCCCCCCCCC(=O)NC(CO)C(O)/C=C/CCCCCCCCCCC. The van der Waals surface area contributed by atoms with Gasteiger partial charge in [0.25, 0.3) is 0 Å². The summed E-state index contributed by atoms with van der Waals surface area (Å²) in [5.41, 5.74) is 0. The summed E-state index contributed by atoms with van der Waals surface area (Å²) in [6, 6.07) is -0.627. The number of ether oxygens (including phenoxy) is 1. The summed E-state index contributed by atoms with van der Waals surface area (Å²) in [6.07, 6.45) is 70.8. The molecular formula is C62H119NO5. The smallest absolute Gasteiger partial charge is 0.305 e. The molecule has 0 aliphatic heterocycles. The summed E-state index contributed by atoms with van der Waals surface area (Å²) in [6.45, 7) is 4.90. The number of rotatable bonds is 57. The van der Waals surface area contributed by atoms with Crippen molar-refractivity contribution in [2.45, 2.75) is 347 Å². The highest BCUT2D eigenvalue weighted by Crippen LogP contribution is 2.17. The van der Waals surface area contributed by atoms with Crippen LogP contribution < -0.4 is 5.32 Å². The molecular weight excluding hydrogens is 839 g/mol. The van der Waals surface area contributed by atoms with E-state index in [2.05, 4.69) is 31.3 Å². The Kier molecular flexibility index (Phi) is 56.5. The summed E-state index contributed by atoms with van der Waals surface area (Å²) >= 11 is 0. The Morgan fingerprint density at radius 2 is 0.691 bits per heavy atom. The molecule has 6 nitrogen and oxygen atoms in total. The van der Waals surface area contributed by atoms with Gasteiger partial charge in [-0.25, -0.2) is 0 Å². The standard InChI is InChI=1S/C62H119NO5/c1-3-5-7-9-11-13-15-16-17-18-22-26-29-32-36-40-44-48-52-56-62(67)68-57-53-49-45-41-37-33-30-27-24-21-19-20-23-25-28-31-35-39-43-47-51-55-61(66)63-59(58-64)60(65)54-50-46-42-38-34-14-12-10-8-6-4-2/h16-17,50,54,59-60,64-65H,3-15,18-49,51-53,55-58H2,1-2H3,(H,63,66)/b17-16-,54-50+. The van der Waals surface area contributed by atoms with Crippen LogP contribution in [0.1, 0.15) is 335 Å². The number of carbonyl (C=O) groups excluding carboxylic acids is 2. The Balaban J connectivity index is 3.36. The van der Waals surface area contributed by atoms with Gasteiger partial charge in [-0.1, -0.05) is 289 Å². The minimum Gasteiger partial charge on any atom is -0.466 e. The van der Waals surface area contributed by atoms with Gasteiger partial charge >= 0.3 is 5.97 Å². The molecule has 0 spiro atoms. The topological polar surface area (TPSA) is 95.9 Å². The third-order valence-electron chi connectivity index (χ3n) is 14.2. The van der Waals surface area contributed by atoms with Crippen LogP contribution in [0.15, 0.2) is 24.3 Å². The number of carbonyl (C=O) groups is 2. The van der Waals surface area contributed by atoms with Gasteiger partial charge in [0.1, 0.15) is 0 Å². The van der Waals surface area contributed by atoms with Crippen molar-refractivity contribution < 1.29 is 24.5 Å². The van der Waals surface area contributed by atoms with Crippen molar-refractivity contribution in [2.75, 3.05) is 13.2 Å². The lowest BCUT2D eigenvalue weighted by Crippen LogP contribution is -2.45. The van der Waals surface area contributed by atoms with Crippen molar-refractivity contribution in [1.82, 2.24) is 5.32 Å². The maximum absolute atomic E-state index is 12.4. The van der Waals surface area contributed by atoms with Crippen LogP contribution in [0.3, 0.4) is 0 Å². The number of unbranched alkanes of at least 4 members (excludes halogenated alkanes) is 44. The number of hydrogen-bond acceptors (Lipinski definition) is 5. The molecule has 0 aliphatic rings. The van der Waals surface area contributed by atoms with Crippen LogP contribution in [0.25, 0.3) is 0 Å². The van der Waals surface area contributed by atoms with E-state index in [4.69, 9.17) is 4.74 Å². The highest BCUT2D eigenvalue weighted by atomic mass is 16.5. The predicted octanol–water partition coefficient (Wildman–Crippen LogP) is 19.0. The lowest BCUT2D eigenvalue weighted by molar-refractivity contribution is -0.143. The lowest BCUT2D eigenvalue weighted by Gasteiger charge is -2.20. The molecule has 3 N–H and O–H groups in total. The fourth-order valence-corrected chi connectivity index (χ4v) is 9.51. The third kappa shape index (κ3) is 53.7. The molecule has 0 rings (SSSR count). The fourth-order valence-electron chi connectivity index (χ4n) is 9.51. The Morgan fingerprint density at radius 3 is 1.04 bits per heavy atom. The van der Waals surface area contributed by atoms with E-state index in [1.54, 1.807) is 6.08 Å². The van der Waals surface area contributed by atoms with Crippen molar-refractivity contribution in [2.24, 2.45) is 0 Å². The quantitative estimate of drug-likeness (QED) is 0.0321. The van der Waals surface area contributed by atoms with Crippen molar-refractivity contribution in [3.63, 3.8) is 0 Å². The summed E-state index contributed by atoms with van der Waals surface area (Å²) in [4.78, 5) is 24.5. The Bertz CT molecular complexity index is 1060. The Labute approximate surface area is 424 Å². The van der Waals surface area contributed by atoms with E-state index in [-0.39, 0.29) is 18.5 Å². The maximum atomic E-state index is 12.4.